The molecule has 1 aromatic heterocycles. The van der Waals surface area contributed by atoms with Gasteiger partial charge in [0.05, 0.1) is 15.8 Å². The molecule has 4 nitrogen and oxygen atoms in total. The number of thiophene rings is 1. The highest BCUT2D eigenvalue weighted by Gasteiger charge is 2.36. The first kappa shape index (κ1) is 15.5. The molecule has 2 amide bonds. The third kappa shape index (κ3) is 3.50. The molecule has 0 radical (unpaired) electrons. The second kappa shape index (κ2) is 6.36. The lowest BCUT2D eigenvalue weighted by Gasteiger charge is -2.22. The minimum Gasteiger partial charge on any atom is -0.354 e. The molecule has 1 aromatic rings. The van der Waals surface area contributed by atoms with E-state index in [0.717, 1.165) is 11.3 Å². The summed E-state index contributed by atoms with van der Waals surface area (Å²) < 4.78 is 0.851. The van der Waals surface area contributed by atoms with E-state index < -0.39 is 6.04 Å². The average Bonchev–Trinajstić information content (AvgIpc) is 3.03. The Bertz CT molecular complexity index is 575. The van der Waals surface area contributed by atoms with E-state index in [1.165, 1.54) is 12.8 Å². The topological polar surface area (TPSA) is 49.4 Å². The fourth-order valence-corrected chi connectivity index (χ4v) is 4.79. The van der Waals surface area contributed by atoms with Crippen LogP contribution in [0.2, 0.25) is 8.67 Å². The zero-order valence-corrected chi connectivity index (χ0v) is 14.2. The van der Waals surface area contributed by atoms with Gasteiger partial charge in [0.25, 0.3) is 5.91 Å². The van der Waals surface area contributed by atoms with E-state index in [4.69, 9.17) is 23.2 Å². The van der Waals surface area contributed by atoms with Crippen molar-refractivity contribution in [3.05, 3.63) is 20.3 Å². The first-order valence-corrected chi connectivity index (χ1v) is 9.40. The first-order chi connectivity index (χ1) is 10.1. The highest BCUT2D eigenvalue weighted by Crippen LogP contribution is 2.34. The molecular formula is C13H14Cl2N2O2S2. The molecule has 21 heavy (non-hydrogen) atoms. The summed E-state index contributed by atoms with van der Waals surface area (Å²) in [4.78, 5) is 26.4. The predicted molar refractivity (Wildman–Crippen MR) is 87.4 cm³/mol. The van der Waals surface area contributed by atoms with Crippen molar-refractivity contribution in [1.82, 2.24) is 10.2 Å². The lowest BCUT2D eigenvalue weighted by molar-refractivity contribution is -0.124. The Morgan fingerprint density at radius 1 is 1.38 bits per heavy atom. The standard InChI is InChI=1S/C13H14Cl2N2O2S2/c14-10-3-8(11(15)21-10)13(19)17-6-20-5-9(17)12(18)16-4-7-1-2-7/h3,7,9H,1-2,4-6H2,(H,16,18). The molecule has 0 spiro atoms. The molecule has 1 aliphatic heterocycles. The lowest BCUT2D eigenvalue weighted by Crippen LogP contribution is -2.47. The van der Waals surface area contributed by atoms with Crippen LogP contribution in [0.1, 0.15) is 23.2 Å². The summed E-state index contributed by atoms with van der Waals surface area (Å²) >= 11 is 14.7. The number of amides is 2. The Hall–Kier alpha value is -0.430. The van der Waals surface area contributed by atoms with Crippen LogP contribution in [-0.2, 0) is 4.79 Å². The lowest BCUT2D eigenvalue weighted by atomic mass is 10.2. The van der Waals surface area contributed by atoms with Crippen molar-refractivity contribution in [2.24, 2.45) is 5.92 Å². The van der Waals surface area contributed by atoms with Gasteiger partial charge in [0, 0.05) is 12.3 Å². The molecule has 0 aromatic carbocycles. The van der Waals surface area contributed by atoms with Gasteiger partial charge in [0.1, 0.15) is 10.4 Å². The molecule has 2 aliphatic rings. The fraction of sp³-hybridized carbons (Fsp3) is 0.538. The third-order valence-corrected chi connectivity index (χ3v) is 6.09. The summed E-state index contributed by atoms with van der Waals surface area (Å²) in [6.45, 7) is 0.715. The molecule has 0 bridgehead atoms. The molecule has 1 saturated heterocycles. The summed E-state index contributed by atoms with van der Waals surface area (Å²) in [5.41, 5.74) is 0.383. The Labute approximate surface area is 141 Å². The normalized spacial score (nSPS) is 21.6. The van der Waals surface area contributed by atoms with Crippen LogP contribution in [-0.4, -0.2) is 40.9 Å². The number of carbonyl (C=O) groups excluding carboxylic acids is 2. The van der Waals surface area contributed by atoms with Crippen LogP contribution in [0.15, 0.2) is 6.07 Å². The van der Waals surface area contributed by atoms with E-state index in [9.17, 15) is 9.59 Å². The van der Waals surface area contributed by atoms with Crippen LogP contribution in [0.25, 0.3) is 0 Å². The number of nitrogens with one attached hydrogen (secondary N) is 1. The van der Waals surface area contributed by atoms with Crippen molar-refractivity contribution in [2.75, 3.05) is 18.2 Å². The monoisotopic (exact) mass is 364 g/mol. The first-order valence-electron chi connectivity index (χ1n) is 6.67. The van der Waals surface area contributed by atoms with E-state index >= 15 is 0 Å². The molecule has 1 aliphatic carbocycles. The third-order valence-electron chi connectivity index (χ3n) is 3.59. The molecule has 2 fully saturated rings. The summed E-state index contributed by atoms with van der Waals surface area (Å²) in [7, 11) is 0. The Balaban J connectivity index is 1.69. The molecule has 1 atom stereocenters. The number of thioether (sulfide) groups is 1. The van der Waals surface area contributed by atoms with E-state index in [1.807, 2.05) is 0 Å². The van der Waals surface area contributed by atoms with E-state index in [2.05, 4.69) is 5.32 Å². The second-order valence-corrected chi connectivity index (χ2v) is 8.50. The molecule has 1 N–H and O–H groups in total. The minimum absolute atomic E-state index is 0.0716. The number of hydrogen-bond donors (Lipinski definition) is 1. The number of hydrogen-bond acceptors (Lipinski definition) is 4. The van der Waals surface area contributed by atoms with Gasteiger partial charge in [-0.15, -0.1) is 23.1 Å². The SMILES string of the molecule is O=C(NCC1CC1)C1CSCN1C(=O)c1cc(Cl)sc1Cl. The van der Waals surface area contributed by atoms with Gasteiger partial charge in [-0.1, -0.05) is 23.2 Å². The van der Waals surface area contributed by atoms with E-state index in [-0.39, 0.29) is 11.8 Å². The van der Waals surface area contributed by atoms with Gasteiger partial charge in [-0.25, -0.2) is 0 Å². The molecule has 3 rings (SSSR count). The van der Waals surface area contributed by atoms with E-state index in [0.29, 0.717) is 38.3 Å². The highest BCUT2D eigenvalue weighted by atomic mass is 35.5. The Morgan fingerprint density at radius 3 is 2.76 bits per heavy atom. The van der Waals surface area contributed by atoms with Crippen LogP contribution >= 0.6 is 46.3 Å². The van der Waals surface area contributed by atoms with Crippen molar-refractivity contribution in [3.8, 4) is 0 Å². The van der Waals surface area contributed by atoms with E-state index in [1.54, 1.807) is 22.7 Å². The van der Waals surface area contributed by atoms with Gasteiger partial charge in [-0.2, -0.15) is 0 Å². The quantitative estimate of drug-likeness (QED) is 0.892. The molecule has 1 saturated carbocycles. The van der Waals surface area contributed by atoms with Gasteiger partial charge in [0.2, 0.25) is 5.91 Å². The summed E-state index contributed by atoms with van der Waals surface area (Å²) in [5, 5.41) is 2.94. The van der Waals surface area contributed by atoms with Crippen molar-refractivity contribution >= 4 is 58.1 Å². The maximum Gasteiger partial charge on any atom is 0.257 e. The molecular weight excluding hydrogens is 351 g/mol. The van der Waals surface area contributed by atoms with Gasteiger partial charge < -0.3 is 10.2 Å². The van der Waals surface area contributed by atoms with Gasteiger partial charge in [-0.05, 0) is 24.8 Å². The summed E-state index contributed by atoms with van der Waals surface area (Å²) in [6.07, 6.45) is 2.37. The number of rotatable bonds is 4. The zero-order chi connectivity index (χ0) is 15.0. The minimum atomic E-state index is -0.420. The van der Waals surface area contributed by atoms with Crippen molar-refractivity contribution in [1.29, 1.82) is 0 Å². The fourth-order valence-electron chi connectivity index (χ4n) is 2.19. The largest absolute Gasteiger partial charge is 0.354 e. The Morgan fingerprint density at radius 2 is 2.14 bits per heavy atom. The van der Waals surface area contributed by atoms with Crippen LogP contribution in [0.5, 0.6) is 0 Å². The van der Waals surface area contributed by atoms with Crippen molar-refractivity contribution in [2.45, 2.75) is 18.9 Å². The van der Waals surface area contributed by atoms with Crippen molar-refractivity contribution < 1.29 is 9.59 Å². The van der Waals surface area contributed by atoms with Gasteiger partial charge >= 0.3 is 0 Å². The number of carbonyl (C=O) groups is 2. The number of nitrogens with zero attached hydrogens (tertiary/aromatic N) is 1. The molecule has 114 valence electrons. The van der Waals surface area contributed by atoms with Crippen LogP contribution in [0, 0.1) is 5.92 Å². The molecule has 1 unspecified atom stereocenters. The average molecular weight is 365 g/mol. The second-order valence-electron chi connectivity index (χ2n) is 5.22. The zero-order valence-electron chi connectivity index (χ0n) is 11.1. The maximum absolute atomic E-state index is 12.5. The van der Waals surface area contributed by atoms with Crippen LogP contribution < -0.4 is 5.32 Å². The summed E-state index contributed by atoms with van der Waals surface area (Å²) in [6, 6.07) is 1.15. The summed E-state index contributed by atoms with van der Waals surface area (Å²) in [5.74, 6) is 1.46. The predicted octanol–water partition coefficient (Wildman–Crippen LogP) is 3.10. The van der Waals surface area contributed by atoms with Gasteiger partial charge in [-0.3, -0.25) is 9.59 Å². The van der Waals surface area contributed by atoms with Crippen molar-refractivity contribution in [3.63, 3.8) is 0 Å². The number of halogens is 2. The van der Waals surface area contributed by atoms with Crippen LogP contribution in [0.4, 0.5) is 0 Å². The molecule has 8 heteroatoms. The van der Waals surface area contributed by atoms with Gasteiger partial charge in [0.15, 0.2) is 0 Å². The highest BCUT2D eigenvalue weighted by molar-refractivity contribution is 7.99. The smallest absolute Gasteiger partial charge is 0.257 e. The maximum atomic E-state index is 12.5. The Kier molecular flexibility index (Phi) is 4.69. The molecule has 2 heterocycles. The van der Waals surface area contributed by atoms with Crippen LogP contribution in [0.3, 0.4) is 0 Å².